The summed E-state index contributed by atoms with van der Waals surface area (Å²) in [7, 11) is 0. The minimum absolute atomic E-state index is 0.282. The highest BCUT2D eigenvalue weighted by molar-refractivity contribution is 5.48. The fourth-order valence-electron chi connectivity index (χ4n) is 2.96. The zero-order valence-corrected chi connectivity index (χ0v) is 13.0. The van der Waals surface area contributed by atoms with E-state index in [2.05, 4.69) is 38.2 Å². The summed E-state index contributed by atoms with van der Waals surface area (Å²) in [6.07, 6.45) is 2.53. The Morgan fingerprint density at radius 3 is 2.80 bits per heavy atom. The second-order valence-corrected chi connectivity index (χ2v) is 6.76. The molecule has 2 atom stereocenters. The predicted octanol–water partition coefficient (Wildman–Crippen LogP) is 3.30. The van der Waals surface area contributed by atoms with E-state index in [4.69, 9.17) is 9.47 Å². The Labute approximate surface area is 121 Å². The molecule has 1 saturated carbocycles. The van der Waals surface area contributed by atoms with Gasteiger partial charge in [-0.15, -0.1) is 0 Å². The van der Waals surface area contributed by atoms with E-state index in [1.165, 1.54) is 17.5 Å². The molecule has 1 aliphatic heterocycles. The molecule has 20 heavy (non-hydrogen) atoms. The van der Waals surface area contributed by atoms with E-state index in [1.54, 1.807) is 0 Å². The molecule has 0 bridgehead atoms. The van der Waals surface area contributed by atoms with Crippen molar-refractivity contribution in [2.45, 2.75) is 59.2 Å². The van der Waals surface area contributed by atoms with Crippen LogP contribution in [0.3, 0.4) is 0 Å². The number of fused-ring (bicyclic) bond motifs is 1. The van der Waals surface area contributed by atoms with E-state index in [9.17, 15) is 0 Å². The number of benzene rings is 1. The van der Waals surface area contributed by atoms with Gasteiger partial charge in [-0.2, -0.15) is 0 Å². The zero-order valence-electron chi connectivity index (χ0n) is 13.0. The molecule has 1 fully saturated rings. The lowest BCUT2D eigenvalue weighted by Crippen LogP contribution is -2.20. The van der Waals surface area contributed by atoms with Crippen molar-refractivity contribution in [2.75, 3.05) is 6.61 Å². The molecular formula is C17H25NO2. The van der Waals surface area contributed by atoms with Gasteiger partial charge in [0.05, 0.1) is 6.61 Å². The number of hydrogen-bond donors (Lipinski definition) is 1. The maximum atomic E-state index is 5.86. The number of nitrogens with one attached hydrogen (secondary N) is 1. The molecule has 110 valence electrons. The average Bonchev–Trinajstić information content (AvgIpc) is 2.81. The summed E-state index contributed by atoms with van der Waals surface area (Å²) in [5, 5.41) is 3.63. The van der Waals surface area contributed by atoms with Gasteiger partial charge in [0.1, 0.15) is 17.6 Å². The van der Waals surface area contributed by atoms with E-state index in [-0.39, 0.29) is 6.10 Å². The first-order valence-electron chi connectivity index (χ1n) is 7.68. The molecule has 1 aromatic rings. The van der Waals surface area contributed by atoms with Gasteiger partial charge in [0.25, 0.3) is 0 Å². The third kappa shape index (κ3) is 2.64. The highest BCUT2D eigenvalue weighted by Gasteiger charge is 2.45. The molecule has 2 aliphatic rings. The maximum Gasteiger partial charge on any atom is 0.124 e. The van der Waals surface area contributed by atoms with Gasteiger partial charge in [0, 0.05) is 30.1 Å². The van der Waals surface area contributed by atoms with Crippen LogP contribution in [0.2, 0.25) is 0 Å². The summed E-state index contributed by atoms with van der Waals surface area (Å²) in [6, 6.07) is 4.95. The van der Waals surface area contributed by atoms with Gasteiger partial charge in [-0.25, -0.2) is 0 Å². The maximum absolute atomic E-state index is 5.86. The molecule has 0 radical (unpaired) electrons. The Morgan fingerprint density at radius 1 is 1.40 bits per heavy atom. The van der Waals surface area contributed by atoms with Crippen molar-refractivity contribution in [1.29, 1.82) is 0 Å². The van der Waals surface area contributed by atoms with Gasteiger partial charge in [-0.3, -0.25) is 0 Å². The van der Waals surface area contributed by atoms with Gasteiger partial charge in [0.15, 0.2) is 0 Å². The van der Waals surface area contributed by atoms with E-state index in [0.29, 0.717) is 18.1 Å². The third-order valence-electron chi connectivity index (χ3n) is 4.43. The summed E-state index contributed by atoms with van der Waals surface area (Å²) in [5.41, 5.74) is 2.94. The molecule has 1 heterocycles. The summed E-state index contributed by atoms with van der Waals surface area (Å²) in [5.74, 6) is 2.04. The second-order valence-electron chi connectivity index (χ2n) is 6.76. The SMILES string of the molecule is CCOc1cc2c(cc1CNC1CC1(C)C)OC(C)C2. The highest BCUT2D eigenvalue weighted by Crippen LogP contribution is 2.45. The first-order valence-corrected chi connectivity index (χ1v) is 7.68. The van der Waals surface area contributed by atoms with Crippen LogP contribution < -0.4 is 14.8 Å². The van der Waals surface area contributed by atoms with Crippen LogP contribution in [-0.2, 0) is 13.0 Å². The quantitative estimate of drug-likeness (QED) is 0.894. The predicted molar refractivity (Wildman–Crippen MR) is 80.4 cm³/mol. The summed E-state index contributed by atoms with van der Waals surface area (Å²) >= 11 is 0. The number of rotatable bonds is 5. The van der Waals surface area contributed by atoms with Gasteiger partial charge in [-0.05, 0) is 37.8 Å². The van der Waals surface area contributed by atoms with Crippen molar-refractivity contribution in [2.24, 2.45) is 5.41 Å². The minimum atomic E-state index is 0.282. The van der Waals surface area contributed by atoms with Gasteiger partial charge >= 0.3 is 0 Å². The summed E-state index contributed by atoms with van der Waals surface area (Å²) in [6.45, 7) is 10.3. The van der Waals surface area contributed by atoms with E-state index in [0.717, 1.165) is 24.5 Å². The van der Waals surface area contributed by atoms with Crippen molar-refractivity contribution in [3.8, 4) is 11.5 Å². The highest BCUT2D eigenvalue weighted by atomic mass is 16.5. The van der Waals surface area contributed by atoms with Crippen molar-refractivity contribution >= 4 is 0 Å². The van der Waals surface area contributed by atoms with Crippen molar-refractivity contribution in [1.82, 2.24) is 5.32 Å². The fraction of sp³-hybridized carbons (Fsp3) is 0.647. The van der Waals surface area contributed by atoms with Crippen LogP contribution in [0.5, 0.6) is 11.5 Å². The molecule has 0 spiro atoms. The van der Waals surface area contributed by atoms with E-state index >= 15 is 0 Å². The molecule has 1 aliphatic carbocycles. The van der Waals surface area contributed by atoms with Crippen LogP contribution >= 0.6 is 0 Å². The normalized spacial score (nSPS) is 26.0. The molecular weight excluding hydrogens is 250 g/mol. The van der Waals surface area contributed by atoms with E-state index < -0.39 is 0 Å². The molecule has 3 rings (SSSR count). The lowest BCUT2D eigenvalue weighted by molar-refractivity contribution is 0.254. The Kier molecular flexibility index (Phi) is 3.41. The topological polar surface area (TPSA) is 30.5 Å². The lowest BCUT2D eigenvalue weighted by atomic mass is 10.1. The summed E-state index contributed by atoms with van der Waals surface area (Å²) < 4.78 is 11.7. The third-order valence-corrected chi connectivity index (χ3v) is 4.43. The lowest BCUT2D eigenvalue weighted by Gasteiger charge is -2.14. The zero-order chi connectivity index (χ0) is 14.3. The molecule has 0 amide bonds. The van der Waals surface area contributed by atoms with Crippen LogP contribution in [0.25, 0.3) is 0 Å². The average molecular weight is 275 g/mol. The first-order chi connectivity index (χ1) is 9.49. The largest absolute Gasteiger partial charge is 0.494 e. The number of ether oxygens (including phenoxy) is 2. The Bertz CT molecular complexity index is 510. The standard InChI is InChI=1S/C17H25NO2/c1-5-19-14-7-12-6-11(2)20-15(12)8-13(14)10-18-16-9-17(16,3)4/h7-8,11,16,18H,5-6,9-10H2,1-4H3. The van der Waals surface area contributed by atoms with Crippen molar-refractivity contribution in [3.05, 3.63) is 23.3 Å². The molecule has 1 N–H and O–H groups in total. The monoisotopic (exact) mass is 275 g/mol. The van der Waals surface area contributed by atoms with Crippen LogP contribution in [0.4, 0.5) is 0 Å². The fourth-order valence-corrected chi connectivity index (χ4v) is 2.96. The van der Waals surface area contributed by atoms with Crippen LogP contribution in [0, 0.1) is 5.41 Å². The Balaban J connectivity index is 1.76. The minimum Gasteiger partial charge on any atom is -0.494 e. The Hall–Kier alpha value is -1.22. The first kappa shape index (κ1) is 13.7. The smallest absolute Gasteiger partial charge is 0.124 e. The summed E-state index contributed by atoms with van der Waals surface area (Å²) in [4.78, 5) is 0. The molecule has 3 heteroatoms. The Morgan fingerprint density at radius 2 is 2.15 bits per heavy atom. The van der Waals surface area contributed by atoms with Crippen molar-refractivity contribution in [3.63, 3.8) is 0 Å². The van der Waals surface area contributed by atoms with Crippen LogP contribution in [-0.4, -0.2) is 18.8 Å². The van der Waals surface area contributed by atoms with Gasteiger partial charge in [-0.1, -0.05) is 13.8 Å². The van der Waals surface area contributed by atoms with Crippen LogP contribution in [0.15, 0.2) is 12.1 Å². The molecule has 2 unspecified atom stereocenters. The van der Waals surface area contributed by atoms with Crippen LogP contribution in [0.1, 0.15) is 45.2 Å². The molecule has 0 saturated heterocycles. The van der Waals surface area contributed by atoms with Crippen molar-refractivity contribution < 1.29 is 9.47 Å². The van der Waals surface area contributed by atoms with Gasteiger partial charge < -0.3 is 14.8 Å². The second kappa shape index (κ2) is 4.96. The molecule has 1 aromatic carbocycles. The number of hydrogen-bond acceptors (Lipinski definition) is 3. The van der Waals surface area contributed by atoms with Gasteiger partial charge in [0.2, 0.25) is 0 Å². The molecule has 0 aromatic heterocycles. The molecule has 3 nitrogen and oxygen atoms in total. The van der Waals surface area contributed by atoms with E-state index in [1.807, 2.05) is 6.92 Å².